The van der Waals surface area contributed by atoms with Gasteiger partial charge in [-0.3, -0.25) is 4.79 Å². The van der Waals surface area contributed by atoms with Gasteiger partial charge in [-0.1, -0.05) is 12.1 Å². The summed E-state index contributed by atoms with van der Waals surface area (Å²) in [6.45, 7) is 0. The number of benzene rings is 1. The van der Waals surface area contributed by atoms with E-state index in [1.54, 1.807) is 0 Å². The van der Waals surface area contributed by atoms with Crippen molar-refractivity contribution in [2.75, 3.05) is 0 Å². The molecule has 0 amide bonds. The summed E-state index contributed by atoms with van der Waals surface area (Å²) in [5, 5.41) is 0. The fourth-order valence-corrected chi connectivity index (χ4v) is 0.940. The number of rotatable bonds is 2. The molecule has 0 aliphatic carbocycles. The third-order valence-corrected chi connectivity index (χ3v) is 1.73. The van der Waals surface area contributed by atoms with E-state index >= 15 is 0 Å². The lowest BCUT2D eigenvalue weighted by Crippen LogP contribution is -2.44. The van der Waals surface area contributed by atoms with Gasteiger partial charge in [0.25, 0.3) is 0 Å². The van der Waals surface area contributed by atoms with Crippen LogP contribution in [0, 0.1) is 5.82 Å². The zero-order valence-corrected chi connectivity index (χ0v) is 7.49. The second-order valence-corrected chi connectivity index (χ2v) is 2.91. The average molecular weight is 242 g/mol. The van der Waals surface area contributed by atoms with Crippen molar-refractivity contribution < 1.29 is 31.1 Å². The van der Waals surface area contributed by atoms with E-state index in [4.69, 9.17) is 0 Å². The Labute approximate surface area is 85.7 Å². The number of hydrogen-bond acceptors (Lipinski definition) is 1. The molecule has 0 fully saturated rings. The maximum absolute atomic E-state index is 12.5. The standard InChI is InChI=1S/C9H4F6O/c10-6-3-1-2-5(4-6)7(16)8(11,12)9(13,14)15/h1-4H. The molecule has 0 aliphatic rings. The Bertz CT molecular complexity index is 409. The van der Waals surface area contributed by atoms with Crippen LogP contribution in [0.3, 0.4) is 0 Å². The Hall–Kier alpha value is -1.53. The first kappa shape index (κ1) is 12.5. The molecule has 0 spiro atoms. The van der Waals surface area contributed by atoms with Crippen molar-refractivity contribution in [2.24, 2.45) is 0 Å². The molecule has 0 unspecified atom stereocenters. The van der Waals surface area contributed by atoms with Gasteiger partial charge in [-0.15, -0.1) is 0 Å². The van der Waals surface area contributed by atoms with Crippen LogP contribution in [0.1, 0.15) is 10.4 Å². The van der Waals surface area contributed by atoms with Crippen molar-refractivity contribution in [2.45, 2.75) is 12.1 Å². The quantitative estimate of drug-likeness (QED) is 0.574. The lowest BCUT2D eigenvalue weighted by Gasteiger charge is -2.17. The van der Waals surface area contributed by atoms with Crippen LogP contribution in [-0.4, -0.2) is 17.9 Å². The SMILES string of the molecule is O=C(c1cccc(F)c1)C(F)(F)C(F)(F)F. The summed E-state index contributed by atoms with van der Waals surface area (Å²) >= 11 is 0. The van der Waals surface area contributed by atoms with Crippen molar-refractivity contribution in [3.05, 3.63) is 35.6 Å². The van der Waals surface area contributed by atoms with Gasteiger partial charge < -0.3 is 0 Å². The molecule has 0 bridgehead atoms. The topological polar surface area (TPSA) is 17.1 Å². The molecule has 1 aromatic rings. The predicted octanol–water partition coefficient (Wildman–Crippen LogP) is 3.21. The monoisotopic (exact) mass is 242 g/mol. The maximum atomic E-state index is 12.5. The third-order valence-electron chi connectivity index (χ3n) is 1.73. The molecular formula is C9H4F6O. The van der Waals surface area contributed by atoms with Crippen LogP contribution in [0.5, 0.6) is 0 Å². The molecule has 1 aromatic carbocycles. The summed E-state index contributed by atoms with van der Waals surface area (Å²) in [6, 6.07) is 2.70. The minimum atomic E-state index is -5.99. The van der Waals surface area contributed by atoms with Crippen LogP contribution < -0.4 is 0 Å². The van der Waals surface area contributed by atoms with E-state index in [-0.39, 0.29) is 0 Å². The Kier molecular flexibility index (Phi) is 2.98. The lowest BCUT2D eigenvalue weighted by atomic mass is 10.1. The largest absolute Gasteiger partial charge is 0.461 e. The molecule has 0 radical (unpaired) electrons. The van der Waals surface area contributed by atoms with Crippen molar-refractivity contribution in [1.82, 2.24) is 0 Å². The van der Waals surface area contributed by atoms with E-state index in [2.05, 4.69) is 0 Å². The molecular weight excluding hydrogens is 238 g/mol. The molecule has 1 nitrogen and oxygen atoms in total. The summed E-state index contributed by atoms with van der Waals surface area (Å²) < 4.78 is 73.0. The summed E-state index contributed by atoms with van der Waals surface area (Å²) in [6.07, 6.45) is -5.99. The van der Waals surface area contributed by atoms with Crippen molar-refractivity contribution in [1.29, 1.82) is 0 Å². The van der Waals surface area contributed by atoms with E-state index in [9.17, 15) is 31.1 Å². The molecule has 0 aromatic heterocycles. The molecule has 0 saturated carbocycles. The molecule has 1 rings (SSSR count). The highest BCUT2D eigenvalue weighted by molar-refractivity contribution is 6.01. The maximum Gasteiger partial charge on any atom is 0.461 e. The van der Waals surface area contributed by atoms with Gasteiger partial charge in [-0.2, -0.15) is 22.0 Å². The van der Waals surface area contributed by atoms with Gasteiger partial charge >= 0.3 is 12.1 Å². The summed E-state index contributed by atoms with van der Waals surface area (Å²) in [5.74, 6) is -9.05. The number of hydrogen-bond donors (Lipinski definition) is 0. The highest BCUT2D eigenvalue weighted by Gasteiger charge is 2.63. The van der Waals surface area contributed by atoms with E-state index in [1.807, 2.05) is 0 Å². The molecule has 7 heteroatoms. The van der Waals surface area contributed by atoms with Crippen LogP contribution in [-0.2, 0) is 0 Å². The minimum Gasteiger partial charge on any atom is -0.287 e. The summed E-state index contributed by atoms with van der Waals surface area (Å²) in [7, 11) is 0. The number of carbonyl (C=O) groups is 1. The zero-order valence-electron chi connectivity index (χ0n) is 7.49. The van der Waals surface area contributed by atoms with Gasteiger partial charge in [0, 0.05) is 5.56 Å². The molecule has 0 aliphatic heterocycles. The number of carbonyl (C=O) groups excluding carboxylic acids is 1. The van der Waals surface area contributed by atoms with E-state index in [0.29, 0.717) is 12.1 Å². The Morgan fingerprint density at radius 2 is 1.62 bits per heavy atom. The normalized spacial score (nSPS) is 12.6. The first-order chi connectivity index (χ1) is 7.16. The Morgan fingerprint density at radius 1 is 1.06 bits per heavy atom. The van der Waals surface area contributed by atoms with Gasteiger partial charge in [0.15, 0.2) is 0 Å². The molecule has 0 saturated heterocycles. The van der Waals surface area contributed by atoms with E-state index in [1.165, 1.54) is 0 Å². The van der Waals surface area contributed by atoms with Gasteiger partial charge in [0.1, 0.15) is 5.82 Å². The van der Waals surface area contributed by atoms with Gasteiger partial charge in [-0.05, 0) is 12.1 Å². The fourth-order valence-electron chi connectivity index (χ4n) is 0.940. The summed E-state index contributed by atoms with van der Waals surface area (Å²) in [5.41, 5.74) is -1.03. The molecule has 16 heavy (non-hydrogen) atoms. The lowest BCUT2D eigenvalue weighted by molar-refractivity contribution is -0.255. The predicted molar refractivity (Wildman–Crippen MR) is 41.7 cm³/mol. The van der Waals surface area contributed by atoms with E-state index < -0.39 is 29.3 Å². The Balaban J connectivity index is 3.12. The van der Waals surface area contributed by atoms with E-state index in [0.717, 1.165) is 12.1 Å². The zero-order chi connectivity index (χ0) is 12.6. The molecule has 0 heterocycles. The molecule has 0 N–H and O–H groups in total. The second kappa shape index (κ2) is 3.80. The summed E-state index contributed by atoms with van der Waals surface area (Å²) in [4.78, 5) is 10.8. The number of alkyl halides is 5. The van der Waals surface area contributed by atoms with Crippen LogP contribution in [0.25, 0.3) is 0 Å². The fraction of sp³-hybridized carbons (Fsp3) is 0.222. The Morgan fingerprint density at radius 3 is 2.06 bits per heavy atom. The highest BCUT2D eigenvalue weighted by atomic mass is 19.4. The van der Waals surface area contributed by atoms with Crippen LogP contribution >= 0.6 is 0 Å². The second-order valence-electron chi connectivity index (χ2n) is 2.91. The first-order valence-corrected chi connectivity index (χ1v) is 3.91. The smallest absolute Gasteiger partial charge is 0.287 e. The van der Waals surface area contributed by atoms with Gasteiger partial charge in [0.05, 0.1) is 0 Å². The molecule has 88 valence electrons. The highest BCUT2D eigenvalue weighted by Crippen LogP contribution is 2.37. The first-order valence-electron chi connectivity index (χ1n) is 3.91. The number of halogens is 6. The third kappa shape index (κ3) is 2.17. The van der Waals surface area contributed by atoms with Crippen molar-refractivity contribution >= 4 is 5.78 Å². The van der Waals surface area contributed by atoms with Crippen LogP contribution in [0.2, 0.25) is 0 Å². The molecule has 0 atom stereocenters. The van der Waals surface area contributed by atoms with Crippen molar-refractivity contribution in [3.63, 3.8) is 0 Å². The number of ketones is 1. The number of Topliss-reactive ketones (excluding diaryl/α,β-unsaturated/α-hetero) is 1. The van der Waals surface area contributed by atoms with Gasteiger partial charge in [0.2, 0.25) is 5.78 Å². The van der Waals surface area contributed by atoms with Gasteiger partial charge in [-0.25, -0.2) is 4.39 Å². The average Bonchev–Trinajstić information content (AvgIpc) is 2.14. The van der Waals surface area contributed by atoms with Crippen LogP contribution in [0.4, 0.5) is 26.3 Å². The van der Waals surface area contributed by atoms with Crippen molar-refractivity contribution in [3.8, 4) is 0 Å². The minimum absolute atomic E-state index is 0.321. The van der Waals surface area contributed by atoms with Crippen LogP contribution in [0.15, 0.2) is 24.3 Å².